The third-order valence-electron chi connectivity index (χ3n) is 8.81. The smallest absolute Gasteiger partial charge is 0.420 e. The van der Waals surface area contributed by atoms with E-state index in [2.05, 4.69) is 31.6 Å². The molecule has 7 rings (SSSR count). The highest BCUT2D eigenvalue weighted by Crippen LogP contribution is 2.46. The van der Waals surface area contributed by atoms with Gasteiger partial charge in [-0.25, -0.2) is 18.4 Å². The van der Waals surface area contributed by atoms with Crippen LogP contribution in [0.1, 0.15) is 59.3 Å². The normalized spacial score (nSPS) is 21.3. The molecule has 3 aromatic rings. The van der Waals surface area contributed by atoms with Crippen molar-refractivity contribution < 1.29 is 35.9 Å². The highest BCUT2D eigenvalue weighted by atomic mass is 32.2. The van der Waals surface area contributed by atoms with Gasteiger partial charge in [0.25, 0.3) is 5.91 Å². The Kier molecular flexibility index (Phi) is 8.15. The summed E-state index contributed by atoms with van der Waals surface area (Å²) in [6, 6.07) is 6.93. The molecule has 11 nitrogen and oxygen atoms in total. The van der Waals surface area contributed by atoms with Crippen LogP contribution in [-0.4, -0.2) is 85.8 Å². The highest BCUT2D eigenvalue weighted by molar-refractivity contribution is 7.91. The van der Waals surface area contributed by atoms with E-state index in [1.807, 2.05) is 12.1 Å². The molecule has 1 amide bonds. The minimum Gasteiger partial charge on any atom is -0.464 e. The number of nitrogens with zero attached hydrogens (tertiary/aromatic N) is 4. The van der Waals surface area contributed by atoms with Crippen molar-refractivity contribution in [3.63, 3.8) is 0 Å². The van der Waals surface area contributed by atoms with E-state index in [1.54, 1.807) is 0 Å². The second-order valence-electron chi connectivity index (χ2n) is 12.4. The molecular formula is C31H33F3N6O5S2. The largest absolute Gasteiger partial charge is 0.464 e. The van der Waals surface area contributed by atoms with Gasteiger partial charge in [-0.05, 0) is 61.4 Å². The van der Waals surface area contributed by atoms with Gasteiger partial charge in [0.1, 0.15) is 17.0 Å². The third-order valence-corrected chi connectivity index (χ3v) is 11.8. The van der Waals surface area contributed by atoms with Gasteiger partial charge < -0.3 is 25.2 Å². The Morgan fingerprint density at radius 1 is 1.17 bits per heavy atom. The Bertz CT molecular complexity index is 1840. The van der Waals surface area contributed by atoms with E-state index in [1.165, 1.54) is 11.8 Å². The lowest BCUT2D eigenvalue weighted by Gasteiger charge is -2.35. The molecule has 2 aliphatic carbocycles. The maximum atomic E-state index is 14.2. The van der Waals surface area contributed by atoms with Gasteiger partial charge in [-0.1, -0.05) is 0 Å². The van der Waals surface area contributed by atoms with Crippen molar-refractivity contribution >= 4 is 50.4 Å². The number of nitrogens with one attached hydrogen (secondary N) is 2. The van der Waals surface area contributed by atoms with E-state index in [4.69, 9.17) is 4.74 Å². The van der Waals surface area contributed by atoms with Crippen LogP contribution in [0.5, 0.6) is 0 Å². The number of benzene rings is 1. The van der Waals surface area contributed by atoms with Gasteiger partial charge in [0, 0.05) is 56.7 Å². The second-order valence-corrected chi connectivity index (χ2v) is 15.5. The molecule has 16 heteroatoms. The Morgan fingerprint density at radius 3 is 2.66 bits per heavy atom. The monoisotopic (exact) mass is 690 g/mol. The van der Waals surface area contributed by atoms with Crippen molar-refractivity contribution in [3.8, 4) is 10.6 Å². The van der Waals surface area contributed by atoms with Crippen LogP contribution in [-0.2, 0) is 25.5 Å². The molecule has 0 radical (unpaired) electrons. The number of amides is 1. The van der Waals surface area contributed by atoms with Gasteiger partial charge in [-0.2, -0.15) is 13.2 Å². The Labute approximate surface area is 273 Å². The lowest BCUT2D eigenvalue weighted by Crippen LogP contribution is -2.52. The summed E-state index contributed by atoms with van der Waals surface area (Å²) in [5.41, 5.74) is 1.02. The summed E-state index contributed by atoms with van der Waals surface area (Å²) in [4.78, 5) is 36.2. The van der Waals surface area contributed by atoms with Crippen molar-refractivity contribution in [3.05, 3.63) is 46.5 Å². The van der Waals surface area contributed by atoms with E-state index in [-0.39, 0.29) is 63.5 Å². The first kappa shape index (κ1) is 31.8. The maximum absolute atomic E-state index is 14.2. The van der Waals surface area contributed by atoms with Gasteiger partial charge in [-0.3, -0.25) is 9.59 Å². The molecule has 3 fully saturated rings. The zero-order chi connectivity index (χ0) is 33.1. The van der Waals surface area contributed by atoms with E-state index in [0.29, 0.717) is 25.0 Å². The van der Waals surface area contributed by atoms with Gasteiger partial charge >= 0.3 is 12.1 Å². The average Bonchev–Trinajstić information content (AvgIpc) is 3.97. The predicted molar refractivity (Wildman–Crippen MR) is 169 cm³/mol. The molecule has 1 aromatic carbocycles. The lowest BCUT2D eigenvalue weighted by atomic mass is 10.1. The summed E-state index contributed by atoms with van der Waals surface area (Å²) in [5, 5.41) is 6.47. The van der Waals surface area contributed by atoms with Crippen LogP contribution in [0.15, 0.2) is 35.4 Å². The summed E-state index contributed by atoms with van der Waals surface area (Å²) in [5.74, 6) is -0.913. The molecule has 4 aliphatic rings. The Morgan fingerprint density at radius 2 is 1.96 bits per heavy atom. The molecule has 2 aliphatic heterocycles. The van der Waals surface area contributed by atoms with Crippen molar-refractivity contribution in [1.29, 1.82) is 0 Å². The molecule has 4 heterocycles. The number of rotatable bonds is 8. The van der Waals surface area contributed by atoms with Crippen LogP contribution in [0.4, 0.5) is 30.5 Å². The number of alkyl halides is 3. The number of ether oxygens (including phenoxy) is 1. The molecule has 0 spiro atoms. The molecule has 0 unspecified atom stereocenters. The SMILES string of the molecule is CC(=O)OC[C@H]1CN(c2ccc(Nc3ncc(C(F)(F)F)c(-c4cc5c(s4)C(=O)N(C4CC4)CCS5(=O)=O)n3)c(C3CC3)c2)CCN1. The maximum Gasteiger partial charge on any atom is 0.420 e. The number of sulfone groups is 1. The van der Waals surface area contributed by atoms with Gasteiger partial charge in [0.15, 0.2) is 9.84 Å². The van der Waals surface area contributed by atoms with E-state index >= 15 is 0 Å². The summed E-state index contributed by atoms with van der Waals surface area (Å²) in [6.45, 7) is 3.80. The summed E-state index contributed by atoms with van der Waals surface area (Å²) in [7, 11) is -3.90. The average molecular weight is 691 g/mol. The molecule has 47 heavy (non-hydrogen) atoms. The van der Waals surface area contributed by atoms with E-state index < -0.39 is 33.2 Å². The Balaban J connectivity index is 1.20. The van der Waals surface area contributed by atoms with Crippen LogP contribution in [0.3, 0.4) is 0 Å². The van der Waals surface area contributed by atoms with Crippen LogP contribution in [0.25, 0.3) is 10.6 Å². The minimum atomic E-state index is -4.82. The summed E-state index contributed by atoms with van der Waals surface area (Å²) < 4.78 is 74.1. The molecule has 1 saturated heterocycles. The number of fused-ring (bicyclic) bond motifs is 1. The number of piperazine rings is 1. The van der Waals surface area contributed by atoms with Gasteiger partial charge in [0.05, 0.1) is 27.3 Å². The van der Waals surface area contributed by atoms with Crippen LogP contribution in [0.2, 0.25) is 0 Å². The number of aromatic nitrogens is 2. The number of thiophene rings is 1. The van der Waals surface area contributed by atoms with Crippen molar-refractivity contribution in [2.45, 2.75) is 61.7 Å². The molecule has 2 aromatic heterocycles. The van der Waals surface area contributed by atoms with Crippen LogP contribution >= 0.6 is 11.3 Å². The van der Waals surface area contributed by atoms with Crippen molar-refractivity contribution in [2.75, 3.05) is 48.8 Å². The summed E-state index contributed by atoms with van der Waals surface area (Å²) in [6.07, 6.45) is -0.653. The Hall–Kier alpha value is -3.76. The second kappa shape index (κ2) is 12.0. The summed E-state index contributed by atoms with van der Waals surface area (Å²) >= 11 is 0.721. The fourth-order valence-electron chi connectivity index (χ4n) is 6.11. The number of carbonyl (C=O) groups excluding carboxylic acids is 2. The molecule has 2 N–H and O–H groups in total. The zero-order valence-corrected chi connectivity index (χ0v) is 27.1. The molecular weight excluding hydrogens is 658 g/mol. The first-order valence-corrected chi connectivity index (χ1v) is 18.0. The predicted octanol–water partition coefficient (Wildman–Crippen LogP) is 4.58. The zero-order valence-electron chi connectivity index (χ0n) is 25.5. The number of esters is 1. The fraction of sp³-hybridized carbons (Fsp3) is 0.484. The van der Waals surface area contributed by atoms with Crippen molar-refractivity contribution in [2.24, 2.45) is 0 Å². The molecule has 1 atom stereocenters. The fourth-order valence-corrected chi connectivity index (χ4v) is 9.02. The molecule has 250 valence electrons. The quantitative estimate of drug-likeness (QED) is 0.324. The van der Waals surface area contributed by atoms with E-state index in [9.17, 15) is 31.2 Å². The number of halogens is 3. The van der Waals surface area contributed by atoms with Crippen LogP contribution in [0, 0.1) is 0 Å². The minimum absolute atomic E-state index is 0.0249. The number of carbonyl (C=O) groups is 2. The number of hydrogen-bond donors (Lipinski definition) is 2. The number of anilines is 3. The first-order chi connectivity index (χ1) is 22.4. The first-order valence-electron chi connectivity index (χ1n) is 15.5. The van der Waals surface area contributed by atoms with Gasteiger partial charge in [-0.15, -0.1) is 11.3 Å². The van der Waals surface area contributed by atoms with Gasteiger partial charge in [0.2, 0.25) is 5.95 Å². The molecule has 0 bridgehead atoms. The van der Waals surface area contributed by atoms with Crippen molar-refractivity contribution in [1.82, 2.24) is 20.2 Å². The number of hydrogen-bond acceptors (Lipinski definition) is 11. The topological polar surface area (TPSA) is 134 Å². The van der Waals surface area contributed by atoms with E-state index in [0.717, 1.165) is 60.9 Å². The van der Waals surface area contributed by atoms with Crippen LogP contribution < -0.4 is 15.5 Å². The molecule has 2 saturated carbocycles. The standard InChI is InChI=1S/C31H33F3N6O5S2/c1-17(41)45-16-19-15-39(9-8-35-19)21-6-7-24(22(12-21)18-2-3-18)37-30-36-14-23(31(32,33)34)27(38-30)25-13-26-28(46-25)29(42)40(20-4-5-20)10-11-47(26,43)44/h6-7,12-14,18-20,35H,2-5,8-11,15-16H2,1H3,(H,36,37,38)/t19-/m1/s1. The third kappa shape index (κ3) is 6.67. The highest BCUT2D eigenvalue weighted by Gasteiger charge is 2.42. The lowest BCUT2D eigenvalue weighted by molar-refractivity contribution is -0.141.